The molecule has 0 aliphatic carbocycles. The molecule has 0 radical (unpaired) electrons. The first-order valence-electron chi connectivity index (χ1n) is 8.08. The summed E-state index contributed by atoms with van der Waals surface area (Å²) in [5, 5.41) is 14.0. The molecule has 0 heterocycles. The van der Waals surface area contributed by atoms with E-state index in [1.807, 2.05) is 56.3 Å². The number of amides is 1. The van der Waals surface area contributed by atoms with E-state index in [1.165, 1.54) is 0 Å². The summed E-state index contributed by atoms with van der Waals surface area (Å²) in [7, 11) is 0. The highest BCUT2D eigenvalue weighted by Crippen LogP contribution is 2.26. The minimum absolute atomic E-state index is 0.0608. The number of ether oxygens (including phenoxy) is 1. The maximum absolute atomic E-state index is 12.1. The van der Waals surface area contributed by atoms with Crippen molar-refractivity contribution in [2.45, 2.75) is 38.8 Å². The lowest BCUT2D eigenvalue weighted by molar-refractivity contribution is -0.137. The van der Waals surface area contributed by atoms with Crippen LogP contribution in [0.1, 0.15) is 38.3 Å². The molecule has 0 saturated carbocycles. The van der Waals surface area contributed by atoms with Crippen molar-refractivity contribution in [2.24, 2.45) is 0 Å². The number of carbonyl (C=O) groups excluding carboxylic acids is 1. The molecule has 2 aromatic carbocycles. The SMILES string of the molecule is CC(C)OCCC(=O)N[C@H](CC(=O)O)c1cccc2ccccc12. The molecule has 5 heteroatoms. The molecule has 0 fully saturated rings. The number of carbonyl (C=O) groups is 2. The van der Waals surface area contributed by atoms with Crippen molar-refractivity contribution in [3.63, 3.8) is 0 Å². The molecular formula is C19H23NO4. The summed E-state index contributed by atoms with van der Waals surface area (Å²) >= 11 is 0. The number of carboxylic acids is 1. The number of fused-ring (bicyclic) bond motifs is 1. The average molecular weight is 329 g/mol. The largest absolute Gasteiger partial charge is 0.481 e. The molecule has 0 aliphatic rings. The molecule has 128 valence electrons. The van der Waals surface area contributed by atoms with Gasteiger partial charge in [0.15, 0.2) is 0 Å². The smallest absolute Gasteiger partial charge is 0.305 e. The Kier molecular flexibility index (Phi) is 6.32. The van der Waals surface area contributed by atoms with Crippen LogP contribution in [0.3, 0.4) is 0 Å². The average Bonchev–Trinajstić information content (AvgIpc) is 2.53. The van der Waals surface area contributed by atoms with Crippen LogP contribution in [0.15, 0.2) is 42.5 Å². The van der Waals surface area contributed by atoms with Gasteiger partial charge in [-0.25, -0.2) is 0 Å². The molecule has 1 amide bonds. The minimum atomic E-state index is -0.952. The van der Waals surface area contributed by atoms with Gasteiger partial charge in [-0.05, 0) is 30.2 Å². The summed E-state index contributed by atoms with van der Waals surface area (Å²) < 4.78 is 5.37. The molecule has 24 heavy (non-hydrogen) atoms. The number of hydrogen-bond donors (Lipinski definition) is 2. The topological polar surface area (TPSA) is 75.6 Å². The summed E-state index contributed by atoms with van der Waals surface area (Å²) in [6, 6.07) is 12.9. The van der Waals surface area contributed by atoms with Crippen LogP contribution < -0.4 is 5.32 Å². The van der Waals surface area contributed by atoms with Crippen molar-refractivity contribution in [1.82, 2.24) is 5.32 Å². The normalized spacial score (nSPS) is 12.3. The molecule has 2 aromatic rings. The lowest BCUT2D eigenvalue weighted by atomic mass is 9.96. The Morgan fingerprint density at radius 3 is 2.54 bits per heavy atom. The second-order valence-corrected chi connectivity index (χ2v) is 5.96. The van der Waals surface area contributed by atoms with Crippen LogP contribution in [0, 0.1) is 0 Å². The molecule has 2 rings (SSSR count). The Bertz CT molecular complexity index is 706. The zero-order chi connectivity index (χ0) is 17.5. The van der Waals surface area contributed by atoms with Crippen molar-refractivity contribution < 1.29 is 19.4 Å². The van der Waals surface area contributed by atoms with Gasteiger partial charge in [-0.2, -0.15) is 0 Å². The van der Waals surface area contributed by atoms with Crippen LogP contribution in [0.2, 0.25) is 0 Å². The molecule has 0 unspecified atom stereocenters. The van der Waals surface area contributed by atoms with E-state index in [0.29, 0.717) is 6.61 Å². The third-order valence-corrected chi connectivity index (χ3v) is 3.69. The predicted molar refractivity (Wildman–Crippen MR) is 92.8 cm³/mol. The molecule has 0 aliphatic heterocycles. The molecule has 1 atom stereocenters. The third-order valence-electron chi connectivity index (χ3n) is 3.69. The van der Waals surface area contributed by atoms with Crippen molar-refractivity contribution in [3.05, 3.63) is 48.0 Å². The van der Waals surface area contributed by atoms with Gasteiger partial charge in [0.2, 0.25) is 5.91 Å². The molecule has 0 bridgehead atoms. The Labute approximate surface area is 141 Å². The summed E-state index contributed by atoms with van der Waals surface area (Å²) in [4.78, 5) is 23.4. The van der Waals surface area contributed by atoms with Gasteiger partial charge < -0.3 is 15.2 Å². The van der Waals surface area contributed by atoms with Crippen molar-refractivity contribution >= 4 is 22.6 Å². The van der Waals surface area contributed by atoms with E-state index >= 15 is 0 Å². The highest BCUT2D eigenvalue weighted by molar-refractivity contribution is 5.87. The Morgan fingerprint density at radius 2 is 1.83 bits per heavy atom. The summed E-state index contributed by atoms with van der Waals surface area (Å²) in [6.45, 7) is 4.13. The van der Waals surface area contributed by atoms with Crippen LogP contribution in [-0.2, 0) is 14.3 Å². The number of rotatable bonds is 8. The Morgan fingerprint density at radius 1 is 1.12 bits per heavy atom. The maximum atomic E-state index is 12.1. The van der Waals surface area contributed by atoms with Crippen molar-refractivity contribution in [3.8, 4) is 0 Å². The predicted octanol–water partition coefficient (Wildman–Crippen LogP) is 3.29. The van der Waals surface area contributed by atoms with Gasteiger partial charge in [-0.1, -0.05) is 42.5 Å². The van der Waals surface area contributed by atoms with Crippen molar-refractivity contribution in [2.75, 3.05) is 6.61 Å². The van der Waals surface area contributed by atoms with Gasteiger partial charge in [0, 0.05) is 6.42 Å². The van der Waals surface area contributed by atoms with Crippen LogP contribution in [0.4, 0.5) is 0 Å². The summed E-state index contributed by atoms with van der Waals surface area (Å²) in [5.74, 6) is -1.17. The number of carboxylic acid groups (broad SMARTS) is 1. The number of hydrogen-bond acceptors (Lipinski definition) is 3. The first-order chi connectivity index (χ1) is 11.5. The van der Waals surface area contributed by atoms with E-state index in [-0.39, 0.29) is 24.9 Å². The second-order valence-electron chi connectivity index (χ2n) is 5.96. The van der Waals surface area contributed by atoms with Gasteiger partial charge in [-0.15, -0.1) is 0 Å². The van der Waals surface area contributed by atoms with Crippen LogP contribution in [0.5, 0.6) is 0 Å². The zero-order valence-corrected chi connectivity index (χ0v) is 14.0. The highest BCUT2D eigenvalue weighted by atomic mass is 16.5. The van der Waals surface area contributed by atoms with E-state index in [9.17, 15) is 14.7 Å². The van der Waals surface area contributed by atoms with E-state index in [2.05, 4.69) is 5.32 Å². The third kappa shape index (κ3) is 5.06. The van der Waals surface area contributed by atoms with Gasteiger partial charge in [0.05, 0.1) is 25.2 Å². The lowest BCUT2D eigenvalue weighted by Crippen LogP contribution is -2.31. The lowest BCUT2D eigenvalue weighted by Gasteiger charge is -2.19. The molecule has 0 aromatic heterocycles. The molecule has 0 saturated heterocycles. The van der Waals surface area contributed by atoms with E-state index < -0.39 is 12.0 Å². The van der Waals surface area contributed by atoms with Gasteiger partial charge in [-0.3, -0.25) is 9.59 Å². The zero-order valence-electron chi connectivity index (χ0n) is 14.0. The monoisotopic (exact) mass is 329 g/mol. The first kappa shape index (κ1) is 17.9. The fraction of sp³-hybridized carbons (Fsp3) is 0.368. The van der Waals surface area contributed by atoms with Crippen LogP contribution in [-0.4, -0.2) is 29.7 Å². The molecular weight excluding hydrogens is 306 g/mol. The van der Waals surface area contributed by atoms with E-state index in [1.54, 1.807) is 0 Å². The van der Waals surface area contributed by atoms with Crippen LogP contribution in [0.25, 0.3) is 10.8 Å². The summed E-state index contributed by atoms with van der Waals surface area (Å²) in [5.41, 5.74) is 0.814. The van der Waals surface area contributed by atoms with Gasteiger partial charge in [0.25, 0.3) is 0 Å². The molecule has 0 spiro atoms. The summed E-state index contributed by atoms with van der Waals surface area (Å²) in [6.07, 6.45) is 0.106. The first-order valence-corrected chi connectivity index (χ1v) is 8.08. The fourth-order valence-corrected chi connectivity index (χ4v) is 2.62. The molecule has 2 N–H and O–H groups in total. The highest BCUT2D eigenvalue weighted by Gasteiger charge is 2.20. The van der Waals surface area contributed by atoms with Crippen LogP contribution >= 0.6 is 0 Å². The standard InChI is InChI=1S/C19H23NO4/c1-13(2)24-11-10-18(21)20-17(12-19(22)23)16-9-5-7-14-6-3-4-8-15(14)16/h3-9,13,17H,10-12H2,1-2H3,(H,20,21)(H,22,23)/t17-/m1/s1. The minimum Gasteiger partial charge on any atom is -0.481 e. The van der Waals surface area contributed by atoms with E-state index in [4.69, 9.17) is 4.74 Å². The van der Waals surface area contributed by atoms with Gasteiger partial charge >= 0.3 is 5.97 Å². The fourth-order valence-electron chi connectivity index (χ4n) is 2.62. The molecule has 5 nitrogen and oxygen atoms in total. The van der Waals surface area contributed by atoms with Crippen molar-refractivity contribution in [1.29, 1.82) is 0 Å². The van der Waals surface area contributed by atoms with Gasteiger partial charge in [0.1, 0.15) is 0 Å². The number of benzene rings is 2. The number of aliphatic carboxylic acids is 1. The number of nitrogens with one attached hydrogen (secondary N) is 1. The second kappa shape index (κ2) is 8.45. The van der Waals surface area contributed by atoms with E-state index in [0.717, 1.165) is 16.3 Å². The quantitative estimate of drug-likeness (QED) is 0.779. The maximum Gasteiger partial charge on any atom is 0.305 e. The Balaban J connectivity index is 2.18. The Hall–Kier alpha value is -2.40.